The fourth-order valence-electron chi connectivity index (χ4n) is 2.20. The Balaban J connectivity index is 2.48. The van der Waals surface area contributed by atoms with Gasteiger partial charge in [0.15, 0.2) is 0 Å². The third-order valence-electron chi connectivity index (χ3n) is 3.02. The molecule has 1 aromatic carbocycles. The van der Waals surface area contributed by atoms with E-state index >= 15 is 0 Å². The van der Waals surface area contributed by atoms with E-state index in [1.54, 1.807) is 7.11 Å². The van der Waals surface area contributed by atoms with Crippen LogP contribution in [0, 0.1) is 6.92 Å². The first-order valence-electron chi connectivity index (χ1n) is 5.15. The molecular weight excluding hydrogens is 174 g/mol. The number of ether oxygens (including phenoxy) is 1. The molecule has 2 rings (SSSR count). The summed E-state index contributed by atoms with van der Waals surface area (Å²) in [6.45, 7) is 2.07. The Morgan fingerprint density at radius 3 is 2.93 bits per heavy atom. The molecule has 0 amide bonds. The molecule has 0 spiro atoms. The highest BCUT2D eigenvalue weighted by Crippen LogP contribution is 2.32. The molecular formula is C12H17NO. The Labute approximate surface area is 85.1 Å². The summed E-state index contributed by atoms with van der Waals surface area (Å²) in [7, 11) is 1.72. The van der Waals surface area contributed by atoms with E-state index < -0.39 is 0 Å². The lowest BCUT2D eigenvalue weighted by atomic mass is 9.87. The van der Waals surface area contributed by atoms with E-state index in [1.807, 2.05) is 0 Å². The van der Waals surface area contributed by atoms with Gasteiger partial charge in [-0.15, -0.1) is 0 Å². The SMILES string of the molecule is COc1cc2c(cc1C)C(N)CCC2. The Morgan fingerprint density at radius 2 is 2.21 bits per heavy atom. The first-order chi connectivity index (χ1) is 6.72. The second-order valence-electron chi connectivity index (χ2n) is 4.02. The van der Waals surface area contributed by atoms with Gasteiger partial charge in [-0.25, -0.2) is 0 Å². The quantitative estimate of drug-likeness (QED) is 0.739. The standard InChI is InChI=1S/C12H17NO/c1-8-6-10-9(7-12(8)14-2)4-3-5-11(10)13/h6-7,11H,3-5,13H2,1-2H3. The molecule has 0 aromatic heterocycles. The number of fused-ring (bicyclic) bond motifs is 1. The average molecular weight is 191 g/mol. The molecule has 76 valence electrons. The van der Waals surface area contributed by atoms with E-state index in [0.29, 0.717) is 0 Å². The molecule has 0 heterocycles. The van der Waals surface area contributed by atoms with Crippen molar-refractivity contribution >= 4 is 0 Å². The van der Waals surface area contributed by atoms with Gasteiger partial charge in [-0.3, -0.25) is 0 Å². The number of benzene rings is 1. The third-order valence-corrected chi connectivity index (χ3v) is 3.02. The maximum atomic E-state index is 6.07. The van der Waals surface area contributed by atoms with E-state index in [4.69, 9.17) is 10.5 Å². The average Bonchev–Trinajstić information content (AvgIpc) is 2.19. The number of aryl methyl sites for hydroxylation is 2. The summed E-state index contributed by atoms with van der Waals surface area (Å²) in [6, 6.07) is 4.55. The van der Waals surface area contributed by atoms with Crippen LogP contribution in [0.5, 0.6) is 5.75 Å². The molecule has 0 saturated heterocycles. The van der Waals surface area contributed by atoms with Crippen molar-refractivity contribution in [2.45, 2.75) is 32.2 Å². The number of rotatable bonds is 1. The minimum atomic E-state index is 0.225. The summed E-state index contributed by atoms with van der Waals surface area (Å²) < 4.78 is 5.31. The van der Waals surface area contributed by atoms with Crippen molar-refractivity contribution in [1.82, 2.24) is 0 Å². The fourth-order valence-corrected chi connectivity index (χ4v) is 2.20. The Kier molecular flexibility index (Phi) is 2.46. The van der Waals surface area contributed by atoms with Gasteiger partial charge >= 0.3 is 0 Å². The Bertz CT molecular complexity index is 346. The molecule has 1 aliphatic rings. The molecule has 1 atom stereocenters. The minimum absolute atomic E-state index is 0.225. The largest absolute Gasteiger partial charge is 0.496 e. The van der Waals surface area contributed by atoms with Crippen LogP contribution in [0.2, 0.25) is 0 Å². The molecule has 1 unspecified atom stereocenters. The molecule has 0 aliphatic heterocycles. The minimum Gasteiger partial charge on any atom is -0.496 e. The highest BCUT2D eigenvalue weighted by molar-refractivity contribution is 5.44. The molecule has 14 heavy (non-hydrogen) atoms. The summed E-state index contributed by atoms with van der Waals surface area (Å²) in [5, 5.41) is 0. The molecule has 0 bridgehead atoms. The van der Waals surface area contributed by atoms with Crippen LogP contribution in [0.1, 0.15) is 35.6 Å². The van der Waals surface area contributed by atoms with E-state index in [9.17, 15) is 0 Å². The molecule has 2 nitrogen and oxygen atoms in total. The maximum absolute atomic E-state index is 6.07. The summed E-state index contributed by atoms with van der Waals surface area (Å²) >= 11 is 0. The van der Waals surface area contributed by atoms with E-state index in [-0.39, 0.29) is 6.04 Å². The van der Waals surface area contributed by atoms with Gasteiger partial charge < -0.3 is 10.5 Å². The van der Waals surface area contributed by atoms with Gasteiger partial charge in [0.25, 0.3) is 0 Å². The molecule has 2 N–H and O–H groups in total. The lowest BCUT2D eigenvalue weighted by molar-refractivity contribution is 0.409. The number of hydrogen-bond acceptors (Lipinski definition) is 2. The zero-order valence-corrected chi connectivity index (χ0v) is 8.84. The summed E-state index contributed by atoms with van der Waals surface area (Å²) in [6.07, 6.45) is 3.44. The van der Waals surface area contributed by atoms with E-state index in [0.717, 1.165) is 18.6 Å². The number of nitrogens with two attached hydrogens (primary N) is 1. The highest BCUT2D eigenvalue weighted by atomic mass is 16.5. The van der Waals surface area contributed by atoms with Crippen LogP contribution >= 0.6 is 0 Å². The van der Waals surface area contributed by atoms with Gasteiger partial charge in [-0.05, 0) is 48.9 Å². The predicted octanol–water partition coefficient (Wildman–Crippen LogP) is 2.34. The number of methoxy groups -OCH3 is 1. The van der Waals surface area contributed by atoms with E-state index in [1.165, 1.54) is 23.1 Å². The van der Waals surface area contributed by atoms with E-state index in [2.05, 4.69) is 19.1 Å². The van der Waals surface area contributed by atoms with Crippen molar-refractivity contribution < 1.29 is 4.74 Å². The van der Waals surface area contributed by atoms with Gasteiger partial charge in [-0.1, -0.05) is 6.07 Å². The third kappa shape index (κ3) is 1.50. The van der Waals surface area contributed by atoms with Crippen molar-refractivity contribution in [3.63, 3.8) is 0 Å². The van der Waals surface area contributed by atoms with Gasteiger partial charge in [0.2, 0.25) is 0 Å². The predicted molar refractivity (Wildman–Crippen MR) is 57.6 cm³/mol. The smallest absolute Gasteiger partial charge is 0.122 e. The topological polar surface area (TPSA) is 35.2 Å². The Morgan fingerprint density at radius 1 is 1.43 bits per heavy atom. The summed E-state index contributed by atoms with van der Waals surface area (Å²) in [5.74, 6) is 0.984. The second-order valence-corrected chi connectivity index (χ2v) is 4.02. The van der Waals surface area contributed by atoms with Crippen LogP contribution < -0.4 is 10.5 Å². The van der Waals surface area contributed by atoms with Crippen LogP contribution in [-0.2, 0) is 6.42 Å². The molecule has 1 aliphatic carbocycles. The van der Waals surface area contributed by atoms with Gasteiger partial charge in [0.1, 0.15) is 5.75 Å². The molecule has 0 saturated carbocycles. The molecule has 2 heteroatoms. The first kappa shape index (κ1) is 9.53. The van der Waals surface area contributed by atoms with Gasteiger partial charge in [-0.2, -0.15) is 0 Å². The van der Waals surface area contributed by atoms with Gasteiger partial charge in [0.05, 0.1) is 7.11 Å². The van der Waals surface area contributed by atoms with Crippen LogP contribution in [0.4, 0.5) is 0 Å². The summed E-state index contributed by atoms with van der Waals surface area (Å²) in [4.78, 5) is 0. The van der Waals surface area contributed by atoms with Crippen LogP contribution in [0.25, 0.3) is 0 Å². The monoisotopic (exact) mass is 191 g/mol. The zero-order valence-electron chi connectivity index (χ0n) is 8.84. The van der Waals surface area contributed by atoms with Crippen molar-refractivity contribution in [2.24, 2.45) is 5.73 Å². The first-order valence-corrected chi connectivity index (χ1v) is 5.15. The fraction of sp³-hybridized carbons (Fsp3) is 0.500. The highest BCUT2D eigenvalue weighted by Gasteiger charge is 2.18. The lowest BCUT2D eigenvalue weighted by Crippen LogP contribution is -2.17. The van der Waals surface area contributed by atoms with Crippen molar-refractivity contribution in [3.05, 3.63) is 28.8 Å². The molecule has 1 aromatic rings. The maximum Gasteiger partial charge on any atom is 0.122 e. The van der Waals surface area contributed by atoms with Crippen LogP contribution in [0.3, 0.4) is 0 Å². The van der Waals surface area contributed by atoms with Crippen molar-refractivity contribution in [1.29, 1.82) is 0 Å². The van der Waals surface area contributed by atoms with Crippen molar-refractivity contribution in [2.75, 3.05) is 7.11 Å². The second kappa shape index (κ2) is 3.62. The lowest BCUT2D eigenvalue weighted by Gasteiger charge is -2.23. The normalized spacial score (nSPS) is 20.4. The number of hydrogen-bond donors (Lipinski definition) is 1. The molecule has 0 radical (unpaired) electrons. The van der Waals surface area contributed by atoms with Gasteiger partial charge in [0, 0.05) is 6.04 Å². The Hall–Kier alpha value is -1.02. The summed E-state index contributed by atoms with van der Waals surface area (Å²) in [5.41, 5.74) is 9.93. The zero-order chi connectivity index (χ0) is 10.1. The van der Waals surface area contributed by atoms with Crippen LogP contribution in [0.15, 0.2) is 12.1 Å². The van der Waals surface area contributed by atoms with Crippen LogP contribution in [-0.4, -0.2) is 7.11 Å². The molecule has 0 fully saturated rings. The van der Waals surface area contributed by atoms with Crippen molar-refractivity contribution in [3.8, 4) is 5.75 Å².